The van der Waals surface area contributed by atoms with Crippen LogP contribution in [-0.2, 0) is 19.1 Å². The first-order chi connectivity index (χ1) is 9.47. The molecule has 0 saturated carbocycles. The van der Waals surface area contributed by atoms with Gasteiger partial charge in [0.15, 0.2) is 0 Å². The highest BCUT2D eigenvalue weighted by molar-refractivity contribution is 7.98. The Morgan fingerprint density at radius 3 is 2.85 bits per heavy atom. The summed E-state index contributed by atoms with van der Waals surface area (Å²) in [6.07, 6.45) is 3.49. The van der Waals surface area contributed by atoms with E-state index < -0.39 is 24.0 Å². The maximum absolute atomic E-state index is 11.7. The van der Waals surface area contributed by atoms with Crippen molar-refractivity contribution < 1.29 is 24.2 Å². The van der Waals surface area contributed by atoms with Gasteiger partial charge in [0.2, 0.25) is 5.91 Å². The highest BCUT2D eigenvalue weighted by atomic mass is 32.2. The number of rotatable bonds is 8. The summed E-state index contributed by atoms with van der Waals surface area (Å²) in [5.74, 6) is -1.09. The Bertz CT molecular complexity index is 424. The summed E-state index contributed by atoms with van der Waals surface area (Å²) in [5.41, 5.74) is 0.411. The first-order valence-electron chi connectivity index (χ1n) is 6.05. The van der Waals surface area contributed by atoms with Crippen molar-refractivity contribution in [1.29, 1.82) is 0 Å². The van der Waals surface area contributed by atoms with Crippen molar-refractivity contribution in [1.82, 2.24) is 10.6 Å². The topological polar surface area (TPSA) is 105 Å². The number of carbonyl (C=O) groups excluding carboxylic acids is 2. The van der Waals surface area contributed by atoms with Gasteiger partial charge in [0.25, 0.3) is 0 Å². The van der Waals surface area contributed by atoms with Crippen molar-refractivity contribution in [3.63, 3.8) is 0 Å². The summed E-state index contributed by atoms with van der Waals surface area (Å²) in [5, 5.41) is 14.2. The molecule has 112 valence electrons. The van der Waals surface area contributed by atoms with E-state index in [1.54, 1.807) is 11.8 Å². The molecule has 0 saturated heterocycles. The molecule has 0 aliphatic carbocycles. The van der Waals surface area contributed by atoms with Crippen LogP contribution in [0.5, 0.6) is 0 Å². The molecular formula is C12H18N2O5S. The molecule has 0 aromatic heterocycles. The van der Waals surface area contributed by atoms with Gasteiger partial charge in [0.05, 0.1) is 19.6 Å². The van der Waals surface area contributed by atoms with Gasteiger partial charge < -0.3 is 20.5 Å². The zero-order valence-electron chi connectivity index (χ0n) is 11.3. The molecular weight excluding hydrogens is 284 g/mol. The Kier molecular flexibility index (Phi) is 6.37. The van der Waals surface area contributed by atoms with E-state index in [0.717, 1.165) is 5.75 Å². The van der Waals surface area contributed by atoms with E-state index in [1.165, 1.54) is 13.2 Å². The van der Waals surface area contributed by atoms with E-state index >= 15 is 0 Å². The Hall–Kier alpha value is -1.70. The minimum atomic E-state index is -1.02. The van der Waals surface area contributed by atoms with Gasteiger partial charge in [-0.05, 0) is 18.4 Å². The lowest BCUT2D eigenvalue weighted by molar-refractivity contribution is -0.143. The summed E-state index contributed by atoms with van der Waals surface area (Å²) in [6.45, 7) is 0. The first-order valence-corrected chi connectivity index (χ1v) is 7.44. The van der Waals surface area contributed by atoms with Crippen LogP contribution in [0.3, 0.4) is 0 Å². The normalized spacial score (nSPS) is 19.0. The van der Waals surface area contributed by atoms with Crippen LogP contribution in [0.15, 0.2) is 11.8 Å². The smallest absolute Gasteiger partial charge is 0.328 e. The van der Waals surface area contributed by atoms with Crippen LogP contribution in [0.1, 0.15) is 12.8 Å². The van der Waals surface area contributed by atoms with Crippen LogP contribution in [0, 0.1) is 0 Å². The van der Waals surface area contributed by atoms with E-state index in [1.807, 2.05) is 6.26 Å². The molecule has 0 aromatic rings. The van der Waals surface area contributed by atoms with Crippen molar-refractivity contribution in [3.05, 3.63) is 11.8 Å². The molecule has 2 atom stereocenters. The largest absolute Gasteiger partial charge is 0.481 e. The zero-order chi connectivity index (χ0) is 15.1. The van der Waals surface area contributed by atoms with E-state index in [-0.39, 0.29) is 12.3 Å². The number of methoxy groups -OCH3 is 1. The summed E-state index contributed by atoms with van der Waals surface area (Å²) in [4.78, 5) is 33.8. The number of nitrogens with one attached hydrogen (secondary N) is 2. The Morgan fingerprint density at radius 2 is 2.30 bits per heavy atom. The minimum absolute atomic E-state index is 0.235. The van der Waals surface area contributed by atoms with Gasteiger partial charge in [0, 0.05) is 11.8 Å². The Labute approximate surface area is 121 Å². The van der Waals surface area contributed by atoms with Crippen LogP contribution in [-0.4, -0.2) is 54.2 Å². The van der Waals surface area contributed by atoms with E-state index in [9.17, 15) is 14.4 Å². The number of carbonyl (C=O) groups is 3. The standard InChI is InChI=1S/C12H18N2O5S/c1-19-12(18)7(3-4-20-2)13-8-5-10(15)14-9(8)6-11(16)17/h5,7,9,13H,3-4,6H2,1-2H3,(H,14,15)(H,16,17)/t7-,9-/m0/s1. The number of aliphatic carboxylic acids is 1. The lowest BCUT2D eigenvalue weighted by Crippen LogP contribution is -2.42. The van der Waals surface area contributed by atoms with E-state index in [0.29, 0.717) is 12.1 Å². The van der Waals surface area contributed by atoms with Crippen LogP contribution in [0.2, 0.25) is 0 Å². The van der Waals surface area contributed by atoms with E-state index in [4.69, 9.17) is 9.84 Å². The van der Waals surface area contributed by atoms with E-state index in [2.05, 4.69) is 10.6 Å². The van der Waals surface area contributed by atoms with Gasteiger partial charge in [0.1, 0.15) is 6.04 Å². The molecule has 0 radical (unpaired) electrons. The third kappa shape index (κ3) is 4.76. The molecule has 0 aromatic carbocycles. The molecule has 0 unspecified atom stereocenters. The van der Waals surface area contributed by atoms with Gasteiger partial charge in [-0.25, -0.2) is 4.79 Å². The zero-order valence-corrected chi connectivity index (χ0v) is 12.2. The van der Waals surface area contributed by atoms with Crippen molar-refractivity contribution in [2.75, 3.05) is 19.1 Å². The molecule has 8 heteroatoms. The fraction of sp³-hybridized carbons (Fsp3) is 0.583. The van der Waals surface area contributed by atoms with Crippen molar-refractivity contribution in [3.8, 4) is 0 Å². The fourth-order valence-electron chi connectivity index (χ4n) is 1.84. The van der Waals surface area contributed by atoms with Crippen LogP contribution < -0.4 is 10.6 Å². The molecule has 3 N–H and O–H groups in total. The van der Waals surface area contributed by atoms with Gasteiger partial charge >= 0.3 is 11.9 Å². The lowest BCUT2D eigenvalue weighted by atomic mass is 10.1. The lowest BCUT2D eigenvalue weighted by Gasteiger charge is -2.21. The molecule has 1 heterocycles. The SMILES string of the molecule is COC(=O)[C@H](CCSC)NC1=CC(=O)N[C@H]1CC(=O)O. The quantitative estimate of drug-likeness (QED) is 0.530. The maximum atomic E-state index is 11.7. The number of carboxylic acids is 1. The van der Waals surface area contributed by atoms with Gasteiger partial charge in [-0.1, -0.05) is 0 Å². The second kappa shape index (κ2) is 7.78. The predicted molar refractivity (Wildman–Crippen MR) is 74.2 cm³/mol. The molecule has 1 rings (SSSR count). The molecule has 7 nitrogen and oxygen atoms in total. The molecule has 20 heavy (non-hydrogen) atoms. The van der Waals surface area contributed by atoms with Crippen molar-refractivity contribution >= 4 is 29.6 Å². The maximum Gasteiger partial charge on any atom is 0.328 e. The summed E-state index contributed by atoms with van der Waals surface area (Å²) in [7, 11) is 1.29. The van der Waals surface area contributed by atoms with Crippen LogP contribution in [0.25, 0.3) is 0 Å². The number of ether oxygens (including phenoxy) is 1. The minimum Gasteiger partial charge on any atom is -0.481 e. The monoisotopic (exact) mass is 302 g/mol. The molecule has 0 spiro atoms. The first kappa shape index (κ1) is 16.4. The number of carboxylic acid groups (broad SMARTS) is 1. The van der Waals surface area contributed by atoms with Gasteiger partial charge in [-0.15, -0.1) is 0 Å². The van der Waals surface area contributed by atoms with Gasteiger partial charge in [-0.2, -0.15) is 11.8 Å². The Balaban J connectivity index is 2.74. The van der Waals surface area contributed by atoms with Crippen molar-refractivity contribution in [2.45, 2.75) is 24.9 Å². The number of hydrogen-bond donors (Lipinski definition) is 3. The summed E-state index contributed by atoms with van der Waals surface area (Å²) < 4.78 is 4.70. The van der Waals surface area contributed by atoms with Crippen LogP contribution >= 0.6 is 11.8 Å². The third-order valence-electron chi connectivity index (χ3n) is 2.79. The van der Waals surface area contributed by atoms with Gasteiger partial charge in [-0.3, -0.25) is 9.59 Å². The number of amides is 1. The molecule has 0 bridgehead atoms. The number of hydrogen-bond acceptors (Lipinski definition) is 6. The van der Waals surface area contributed by atoms with Crippen LogP contribution in [0.4, 0.5) is 0 Å². The molecule has 1 aliphatic heterocycles. The second-order valence-electron chi connectivity index (χ2n) is 4.26. The Morgan fingerprint density at radius 1 is 1.60 bits per heavy atom. The molecule has 1 aliphatic rings. The fourth-order valence-corrected chi connectivity index (χ4v) is 2.31. The number of thioether (sulfide) groups is 1. The third-order valence-corrected chi connectivity index (χ3v) is 3.44. The predicted octanol–water partition coefficient (Wildman–Crippen LogP) is -0.272. The highest BCUT2D eigenvalue weighted by Crippen LogP contribution is 2.13. The highest BCUT2D eigenvalue weighted by Gasteiger charge is 2.29. The summed E-state index contributed by atoms with van der Waals surface area (Å²) in [6, 6.07) is -1.23. The van der Waals surface area contributed by atoms with Crippen molar-refractivity contribution in [2.24, 2.45) is 0 Å². The average Bonchev–Trinajstić information content (AvgIpc) is 2.72. The summed E-state index contributed by atoms with van der Waals surface area (Å²) >= 11 is 1.58. The number of esters is 1. The molecule has 1 amide bonds. The molecule has 0 fully saturated rings. The second-order valence-corrected chi connectivity index (χ2v) is 5.25. The average molecular weight is 302 g/mol.